The van der Waals surface area contributed by atoms with Crippen LogP contribution in [0.25, 0.3) is 11.3 Å². The Kier molecular flexibility index (Phi) is 5.55. The van der Waals surface area contributed by atoms with Gasteiger partial charge in [-0.15, -0.1) is 0 Å². The summed E-state index contributed by atoms with van der Waals surface area (Å²) in [5.74, 6) is 0.511. The van der Waals surface area contributed by atoms with Crippen molar-refractivity contribution in [2.24, 2.45) is 0 Å². The normalized spacial score (nSPS) is 11.6. The number of aromatic nitrogens is 5. The van der Waals surface area contributed by atoms with Gasteiger partial charge in [-0.2, -0.15) is 13.9 Å². The number of aryl methyl sites for hydroxylation is 1. The lowest BCUT2D eigenvalue weighted by molar-refractivity contribution is 0.0422. The first-order chi connectivity index (χ1) is 12.8. The van der Waals surface area contributed by atoms with Crippen molar-refractivity contribution in [3.05, 3.63) is 52.4 Å². The molecule has 8 nitrogen and oxygen atoms in total. The minimum absolute atomic E-state index is 0.130. The van der Waals surface area contributed by atoms with E-state index in [0.717, 1.165) is 12.1 Å². The van der Waals surface area contributed by atoms with E-state index in [9.17, 15) is 13.6 Å². The number of halogens is 2. The lowest BCUT2D eigenvalue weighted by atomic mass is 10.2. The molecule has 1 atom stereocenters. The highest BCUT2D eigenvalue weighted by Gasteiger charge is 2.22. The molecule has 3 heterocycles. The Hall–Kier alpha value is -2.74. The van der Waals surface area contributed by atoms with Gasteiger partial charge in [-0.25, -0.2) is 14.6 Å². The topological polar surface area (TPSA) is 95.9 Å². The molecule has 0 saturated heterocycles. The molecule has 3 aromatic heterocycles. The molecule has 0 bridgehead atoms. The summed E-state index contributed by atoms with van der Waals surface area (Å²) in [5.41, 5.74) is -1.64. The minimum Gasteiger partial charge on any atom is -0.457 e. The third kappa shape index (κ3) is 5.13. The Morgan fingerprint density at radius 1 is 1.30 bits per heavy atom. The van der Waals surface area contributed by atoms with Crippen molar-refractivity contribution >= 4 is 9.24 Å². The van der Waals surface area contributed by atoms with Gasteiger partial charge in [-0.05, 0) is 12.5 Å². The van der Waals surface area contributed by atoms with E-state index < -0.39 is 12.3 Å². The zero-order valence-electron chi connectivity index (χ0n) is 14.3. The summed E-state index contributed by atoms with van der Waals surface area (Å²) in [6, 6.07) is 4.46. The van der Waals surface area contributed by atoms with Crippen molar-refractivity contribution in [2.75, 3.05) is 6.61 Å². The molecular formula is C16H16F2N5O3P. The van der Waals surface area contributed by atoms with Gasteiger partial charge in [0, 0.05) is 30.1 Å². The van der Waals surface area contributed by atoms with Crippen LogP contribution in [0.2, 0.25) is 0 Å². The zero-order valence-corrected chi connectivity index (χ0v) is 15.5. The Labute approximate surface area is 154 Å². The number of hydrogen-bond acceptors (Lipinski definition) is 7. The summed E-state index contributed by atoms with van der Waals surface area (Å²) in [6.07, 6.45) is 3.48. The van der Waals surface area contributed by atoms with Crippen molar-refractivity contribution in [1.82, 2.24) is 24.9 Å². The standard InChI is InChI=1S/C16H16F2N5O3P/c1-2-11-5-12(26-22-11)8-23-14(24)4-3-13(21-23)10-6-19-15(20-7-10)25-9-16(17,18)27/h3-7H,2,8-9,27H2,1H3. The van der Waals surface area contributed by atoms with Crippen molar-refractivity contribution in [3.63, 3.8) is 0 Å². The second-order valence-corrected chi connectivity index (χ2v) is 6.50. The Morgan fingerprint density at radius 2 is 2.04 bits per heavy atom. The molecule has 0 aromatic carbocycles. The van der Waals surface area contributed by atoms with Gasteiger partial charge in [-0.1, -0.05) is 21.3 Å². The molecular weight excluding hydrogens is 379 g/mol. The molecule has 3 aromatic rings. The summed E-state index contributed by atoms with van der Waals surface area (Å²) in [6.45, 7) is 1.22. The van der Waals surface area contributed by atoms with E-state index in [2.05, 4.69) is 20.2 Å². The fraction of sp³-hybridized carbons (Fsp3) is 0.312. The van der Waals surface area contributed by atoms with E-state index in [1.54, 1.807) is 6.07 Å². The predicted molar refractivity (Wildman–Crippen MR) is 94.7 cm³/mol. The quantitative estimate of drug-likeness (QED) is 0.566. The number of alkyl halides is 2. The molecule has 0 saturated carbocycles. The lowest BCUT2D eigenvalue weighted by Crippen LogP contribution is -2.22. The molecule has 0 spiro atoms. The SMILES string of the molecule is CCc1cc(Cn2nc(-c3cnc(OCC(F)(F)P)nc3)ccc2=O)on1. The second-order valence-electron chi connectivity index (χ2n) is 5.66. The smallest absolute Gasteiger partial charge is 0.316 e. The van der Waals surface area contributed by atoms with Crippen LogP contribution >= 0.6 is 9.24 Å². The largest absolute Gasteiger partial charge is 0.457 e. The van der Waals surface area contributed by atoms with Gasteiger partial charge in [0.1, 0.15) is 6.54 Å². The van der Waals surface area contributed by atoms with E-state index in [4.69, 9.17) is 9.26 Å². The van der Waals surface area contributed by atoms with Gasteiger partial charge in [0.25, 0.3) is 11.2 Å². The van der Waals surface area contributed by atoms with Crippen LogP contribution in [0.4, 0.5) is 8.78 Å². The van der Waals surface area contributed by atoms with Gasteiger partial charge in [0.05, 0.1) is 11.4 Å². The van der Waals surface area contributed by atoms with Crippen LogP contribution in [0, 0.1) is 0 Å². The molecule has 3 rings (SSSR count). The van der Waals surface area contributed by atoms with Crippen LogP contribution in [0.5, 0.6) is 6.01 Å². The molecule has 0 fully saturated rings. The van der Waals surface area contributed by atoms with Crippen molar-refractivity contribution in [1.29, 1.82) is 0 Å². The lowest BCUT2D eigenvalue weighted by Gasteiger charge is -2.10. The summed E-state index contributed by atoms with van der Waals surface area (Å²) in [5, 5.41) is 8.14. The summed E-state index contributed by atoms with van der Waals surface area (Å²) in [7, 11) is 1.38. The third-order valence-corrected chi connectivity index (χ3v) is 3.63. The maximum absolute atomic E-state index is 12.8. The summed E-state index contributed by atoms with van der Waals surface area (Å²) < 4.78 is 36.7. The number of hydrogen-bond donors (Lipinski definition) is 0. The average molecular weight is 395 g/mol. The van der Waals surface area contributed by atoms with Crippen LogP contribution in [0.15, 0.2) is 39.9 Å². The monoisotopic (exact) mass is 395 g/mol. The summed E-state index contributed by atoms with van der Waals surface area (Å²) >= 11 is 0. The van der Waals surface area contributed by atoms with Gasteiger partial charge >= 0.3 is 6.01 Å². The zero-order chi connectivity index (χ0) is 19.4. The fourth-order valence-electron chi connectivity index (χ4n) is 2.14. The van der Waals surface area contributed by atoms with Gasteiger partial charge in [-0.3, -0.25) is 4.79 Å². The molecule has 0 aliphatic heterocycles. The minimum atomic E-state index is -3.06. The molecule has 0 amide bonds. The van der Waals surface area contributed by atoms with Crippen LogP contribution in [0.3, 0.4) is 0 Å². The average Bonchev–Trinajstić information content (AvgIpc) is 3.09. The second kappa shape index (κ2) is 7.87. The molecule has 0 radical (unpaired) electrons. The Balaban J connectivity index is 1.77. The van der Waals surface area contributed by atoms with E-state index >= 15 is 0 Å². The first kappa shape index (κ1) is 19.0. The van der Waals surface area contributed by atoms with Crippen molar-refractivity contribution in [2.45, 2.75) is 25.6 Å². The molecule has 0 aliphatic rings. The number of ether oxygens (including phenoxy) is 1. The highest BCUT2D eigenvalue weighted by molar-refractivity contribution is 7.18. The van der Waals surface area contributed by atoms with Gasteiger partial charge < -0.3 is 9.26 Å². The molecule has 27 heavy (non-hydrogen) atoms. The van der Waals surface area contributed by atoms with Gasteiger partial charge in [0.15, 0.2) is 12.4 Å². The Morgan fingerprint density at radius 3 is 2.67 bits per heavy atom. The van der Waals surface area contributed by atoms with E-state index in [1.807, 2.05) is 6.92 Å². The highest BCUT2D eigenvalue weighted by Crippen LogP contribution is 2.22. The molecule has 11 heteroatoms. The molecule has 0 aliphatic carbocycles. The molecule has 1 unspecified atom stereocenters. The van der Waals surface area contributed by atoms with Crippen LogP contribution < -0.4 is 10.3 Å². The third-order valence-electron chi connectivity index (χ3n) is 3.46. The number of rotatable bonds is 7. The predicted octanol–water partition coefficient (Wildman–Crippen LogP) is 2.15. The van der Waals surface area contributed by atoms with E-state index in [-0.39, 0.29) is 18.1 Å². The maximum Gasteiger partial charge on any atom is 0.316 e. The fourth-order valence-corrected chi connectivity index (χ4v) is 2.23. The first-order valence-corrected chi connectivity index (χ1v) is 8.56. The van der Waals surface area contributed by atoms with E-state index in [0.29, 0.717) is 17.0 Å². The van der Waals surface area contributed by atoms with Gasteiger partial charge in [0.2, 0.25) is 0 Å². The molecule has 142 valence electrons. The highest BCUT2D eigenvalue weighted by atomic mass is 31.0. The van der Waals surface area contributed by atoms with Crippen molar-refractivity contribution in [3.8, 4) is 17.3 Å². The Bertz CT molecular complexity index is 969. The van der Waals surface area contributed by atoms with Crippen LogP contribution in [0.1, 0.15) is 18.4 Å². The summed E-state index contributed by atoms with van der Waals surface area (Å²) in [4.78, 5) is 19.8. The molecule has 0 N–H and O–H groups in total. The van der Waals surface area contributed by atoms with Crippen molar-refractivity contribution < 1.29 is 18.0 Å². The first-order valence-electron chi connectivity index (χ1n) is 7.98. The van der Waals surface area contributed by atoms with Crippen LogP contribution in [-0.4, -0.2) is 37.2 Å². The van der Waals surface area contributed by atoms with Crippen LogP contribution in [-0.2, 0) is 13.0 Å². The number of nitrogens with zero attached hydrogens (tertiary/aromatic N) is 5. The maximum atomic E-state index is 12.8. The van der Waals surface area contributed by atoms with E-state index in [1.165, 1.54) is 38.4 Å².